The molecule has 3 nitrogen and oxygen atoms in total. The quantitative estimate of drug-likeness (QED) is 0.683. The number of amides is 1. The lowest BCUT2D eigenvalue weighted by Gasteiger charge is -2.37. The molecule has 0 spiro atoms. The highest BCUT2D eigenvalue weighted by Crippen LogP contribution is 2.40. The van der Waals surface area contributed by atoms with E-state index in [9.17, 15) is 9.18 Å². The molecule has 1 amide bonds. The Hall–Kier alpha value is -2.20. The first-order chi connectivity index (χ1) is 13.9. The summed E-state index contributed by atoms with van der Waals surface area (Å²) < 4.78 is 13.3. The van der Waals surface area contributed by atoms with E-state index in [1.807, 2.05) is 43.3 Å². The van der Waals surface area contributed by atoms with E-state index in [2.05, 4.69) is 24.3 Å². The smallest absolute Gasteiger partial charge is 0.251 e. The van der Waals surface area contributed by atoms with E-state index in [4.69, 9.17) is 0 Å². The van der Waals surface area contributed by atoms with Gasteiger partial charge >= 0.3 is 0 Å². The largest absolute Gasteiger partial charge is 0.352 e. The number of rotatable bonds is 7. The molecule has 0 aliphatic heterocycles. The Morgan fingerprint density at radius 3 is 2.41 bits per heavy atom. The van der Waals surface area contributed by atoms with E-state index in [1.54, 1.807) is 12.1 Å². The van der Waals surface area contributed by atoms with Gasteiger partial charge in [-0.15, -0.1) is 0 Å². The van der Waals surface area contributed by atoms with Crippen molar-refractivity contribution in [3.63, 3.8) is 0 Å². The molecule has 1 N–H and O–H groups in total. The fourth-order valence-electron chi connectivity index (χ4n) is 4.72. The van der Waals surface area contributed by atoms with E-state index in [0.29, 0.717) is 17.9 Å². The molecule has 1 unspecified atom stereocenters. The zero-order chi connectivity index (χ0) is 20.8. The van der Waals surface area contributed by atoms with E-state index in [1.165, 1.54) is 31.2 Å². The van der Waals surface area contributed by atoms with Gasteiger partial charge in [-0.25, -0.2) is 4.39 Å². The summed E-state index contributed by atoms with van der Waals surface area (Å²) in [7, 11) is 4.22. The minimum absolute atomic E-state index is 0.0198. The molecule has 0 heterocycles. The van der Waals surface area contributed by atoms with Crippen molar-refractivity contribution in [3.05, 3.63) is 71.0 Å². The van der Waals surface area contributed by atoms with E-state index in [-0.39, 0.29) is 11.7 Å². The van der Waals surface area contributed by atoms with Crippen molar-refractivity contribution in [1.29, 1.82) is 0 Å². The summed E-state index contributed by atoms with van der Waals surface area (Å²) in [5.41, 5.74) is 3.04. The Kier molecular flexibility index (Phi) is 7.43. The molecule has 1 saturated carbocycles. The van der Waals surface area contributed by atoms with Gasteiger partial charge < -0.3 is 10.2 Å². The van der Waals surface area contributed by atoms with Crippen molar-refractivity contribution < 1.29 is 9.18 Å². The van der Waals surface area contributed by atoms with Crippen LogP contribution in [0.3, 0.4) is 0 Å². The maximum atomic E-state index is 13.3. The maximum Gasteiger partial charge on any atom is 0.251 e. The topological polar surface area (TPSA) is 32.3 Å². The third kappa shape index (κ3) is 5.89. The average Bonchev–Trinajstić information content (AvgIpc) is 2.70. The number of carbonyl (C=O) groups is 1. The van der Waals surface area contributed by atoms with Crippen molar-refractivity contribution in [1.82, 2.24) is 10.2 Å². The molecule has 156 valence electrons. The number of nitrogens with zero attached hydrogens (tertiary/aromatic N) is 1. The summed E-state index contributed by atoms with van der Waals surface area (Å²) in [5.74, 6) is 1.10. The van der Waals surface area contributed by atoms with Crippen molar-refractivity contribution in [3.8, 4) is 0 Å². The standard InChI is InChI=1S/C25H33FN2O/c1-18-5-4-6-22(17-18)25(29)27-16-15-19-7-9-20(10-8-19)24(28(2)3)21-11-13-23(26)14-12-21/h4-6,11-14,17,19-20,24H,7-10,15-16H2,1-3H3,(H,27,29). The van der Waals surface area contributed by atoms with Crippen LogP contribution in [0, 0.1) is 24.6 Å². The molecule has 2 aromatic carbocycles. The van der Waals surface area contributed by atoms with Gasteiger partial charge in [0.2, 0.25) is 0 Å². The van der Waals surface area contributed by atoms with Crippen LogP contribution in [0.5, 0.6) is 0 Å². The van der Waals surface area contributed by atoms with Crippen LogP contribution in [0.4, 0.5) is 4.39 Å². The predicted octanol–water partition coefficient (Wildman–Crippen LogP) is 5.36. The number of hydrogen-bond acceptors (Lipinski definition) is 2. The molecule has 1 aliphatic carbocycles. The van der Waals surface area contributed by atoms with Crippen LogP contribution in [-0.2, 0) is 0 Å². The van der Waals surface area contributed by atoms with E-state index in [0.717, 1.165) is 24.1 Å². The Morgan fingerprint density at radius 2 is 1.79 bits per heavy atom. The van der Waals surface area contributed by atoms with Gasteiger partial charge in [0, 0.05) is 18.2 Å². The summed E-state index contributed by atoms with van der Waals surface area (Å²) in [6, 6.07) is 15.0. The molecule has 0 aromatic heterocycles. The zero-order valence-electron chi connectivity index (χ0n) is 17.8. The molecular weight excluding hydrogens is 363 g/mol. The molecule has 4 heteroatoms. The second-order valence-electron chi connectivity index (χ2n) is 8.65. The van der Waals surface area contributed by atoms with E-state index < -0.39 is 0 Å². The molecule has 3 rings (SSSR count). The Labute approximate surface area is 174 Å². The second kappa shape index (κ2) is 10.0. The molecule has 1 fully saturated rings. The molecule has 1 aliphatic rings. The predicted molar refractivity (Wildman–Crippen MR) is 116 cm³/mol. The fraction of sp³-hybridized carbons (Fsp3) is 0.480. The Balaban J connectivity index is 1.47. The van der Waals surface area contributed by atoms with Crippen molar-refractivity contribution in [2.45, 2.75) is 45.1 Å². The highest BCUT2D eigenvalue weighted by atomic mass is 19.1. The van der Waals surface area contributed by atoms with Crippen LogP contribution < -0.4 is 5.32 Å². The SMILES string of the molecule is Cc1cccc(C(=O)NCCC2CCC(C(c3ccc(F)cc3)N(C)C)CC2)c1. The van der Waals surface area contributed by atoms with Gasteiger partial charge in [-0.05, 0) is 81.9 Å². The second-order valence-corrected chi connectivity index (χ2v) is 8.65. The summed E-state index contributed by atoms with van der Waals surface area (Å²) in [6.07, 6.45) is 5.77. The highest BCUT2D eigenvalue weighted by Gasteiger charge is 2.29. The number of halogens is 1. The number of nitrogens with one attached hydrogen (secondary N) is 1. The number of benzene rings is 2. The molecule has 0 radical (unpaired) electrons. The minimum atomic E-state index is -0.178. The van der Waals surface area contributed by atoms with Gasteiger partial charge in [0.1, 0.15) is 5.82 Å². The highest BCUT2D eigenvalue weighted by molar-refractivity contribution is 5.94. The van der Waals surface area contributed by atoms with Gasteiger partial charge in [-0.1, -0.05) is 42.7 Å². The summed E-state index contributed by atoms with van der Waals surface area (Å²) in [5, 5.41) is 3.07. The summed E-state index contributed by atoms with van der Waals surface area (Å²) in [6.45, 7) is 2.74. The first-order valence-electron chi connectivity index (χ1n) is 10.7. The minimum Gasteiger partial charge on any atom is -0.352 e. The van der Waals surface area contributed by atoms with Gasteiger partial charge in [0.25, 0.3) is 5.91 Å². The van der Waals surface area contributed by atoms with Crippen LogP contribution in [-0.4, -0.2) is 31.4 Å². The van der Waals surface area contributed by atoms with Crippen LogP contribution in [0.15, 0.2) is 48.5 Å². The van der Waals surface area contributed by atoms with Crippen LogP contribution >= 0.6 is 0 Å². The monoisotopic (exact) mass is 396 g/mol. The first kappa shape index (κ1) is 21.5. The summed E-state index contributed by atoms with van der Waals surface area (Å²) in [4.78, 5) is 14.6. The van der Waals surface area contributed by atoms with Gasteiger partial charge in [-0.3, -0.25) is 4.79 Å². The van der Waals surface area contributed by atoms with Gasteiger partial charge in [-0.2, -0.15) is 0 Å². The van der Waals surface area contributed by atoms with Crippen molar-refractivity contribution >= 4 is 5.91 Å². The third-order valence-corrected chi connectivity index (χ3v) is 6.22. The number of hydrogen-bond donors (Lipinski definition) is 1. The van der Waals surface area contributed by atoms with Crippen LogP contribution in [0.25, 0.3) is 0 Å². The maximum absolute atomic E-state index is 13.3. The molecular formula is C25H33FN2O. The van der Waals surface area contributed by atoms with E-state index >= 15 is 0 Å². The molecule has 1 atom stereocenters. The zero-order valence-corrected chi connectivity index (χ0v) is 17.8. The Bertz CT molecular complexity index is 795. The summed E-state index contributed by atoms with van der Waals surface area (Å²) >= 11 is 0. The average molecular weight is 397 g/mol. The lowest BCUT2D eigenvalue weighted by molar-refractivity contribution is 0.0947. The van der Waals surface area contributed by atoms with Gasteiger partial charge in [0.15, 0.2) is 0 Å². The fourth-order valence-corrected chi connectivity index (χ4v) is 4.72. The molecule has 2 aromatic rings. The number of carbonyl (C=O) groups excluding carboxylic acids is 1. The lowest BCUT2D eigenvalue weighted by Crippen LogP contribution is -2.31. The number of aryl methyl sites for hydroxylation is 1. The molecule has 29 heavy (non-hydrogen) atoms. The van der Waals surface area contributed by atoms with Crippen molar-refractivity contribution in [2.75, 3.05) is 20.6 Å². The first-order valence-corrected chi connectivity index (χ1v) is 10.7. The normalized spacial score (nSPS) is 20.4. The van der Waals surface area contributed by atoms with Crippen LogP contribution in [0.1, 0.15) is 59.6 Å². The Morgan fingerprint density at radius 1 is 1.10 bits per heavy atom. The van der Waals surface area contributed by atoms with Crippen LogP contribution in [0.2, 0.25) is 0 Å². The third-order valence-electron chi connectivity index (χ3n) is 6.22. The van der Waals surface area contributed by atoms with Crippen molar-refractivity contribution in [2.24, 2.45) is 11.8 Å². The molecule has 0 saturated heterocycles. The van der Waals surface area contributed by atoms with Gasteiger partial charge in [0.05, 0.1) is 0 Å². The lowest BCUT2D eigenvalue weighted by atomic mass is 9.75. The molecule has 0 bridgehead atoms.